The molecule has 35 heavy (non-hydrogen) atoms. The van der Waals surface area contributed by atoms with Crippen molar-refractivity contribution in [3.63, 3.8) is 0 Å². The third-order valence-electron chi connectivity index (χ3n) is 6.30. The Balaban J connectivity index is 1.25. The molecule has 0 radical (unpaired) electrons. The number of pyridine rings is 1. The Morgan fingerprint density at radius 1 is 0.914 bits per heavy atom. The number of imidazole rings is 1. The van der Waals surface area contributed by atoms with Gasteiger partial charge in [0, 0.05) is 36.9 Å². The zero-order valence-electron chi connectivity index (χ0n) is 19.0. The molecule has 9 heteroatoms. The third-order valence-corrected chi connectivity index (χ3v) is 6.30. The summed E-state index contributed by atoms with van der Waals surface area (Å²) in [6.45, 7) is 0.752. The molecule has 0 aliphatic carbocycles. The number of carbonyl (C=O) groups is 1. The number of amides is 1. The average molecular weight is 465 g/mol. The molecule has 1 N–H and O–H groups in total. The maximum atomic E-state index is 13.5. The first-order chi connectivity index (χ1) is 17.3. The van der Waals surface area contributed by atoms with Crippen molar-refractivity contribution in [3.8, 4) is 17.1 Å². The molecule has 1 fully saturated rings. The summed E-state index contributed by atoms with van der Waals surface area (Å²) in [5.74, 6) is 1.27. The van der Waals surface area contributed by atoms with Crippen LogP contribution < -0.4 is 10.2 Å². The zero-order chi connectivity index (χ0) is 23.6. The number of fused-ring (bicyclic) bond motifs is 1. The van der Waals surface area contributed by atoms with Gasteiger partial charge in [-0.15, -0.1) is 10.2 Å². The highest BCUT2D eigenvalue weighted by atomic mass is 16.2. The Morgan fingerprint density at radius 3 is 2.60 bits per heavy atom. The number of carbonyl (C=O) groups excluding carboxylic acids is 1. The molecular formula is C26H24N8O. The molecule has 1 aliphatic heterocycles. The number of nitrogens with one attached hydrogen (secondary N) is 1. The van der Waals surface area contributed by atoms with E-state index in [1.807, 2.05) is 88.6 Å². The van der Waals surface area contributed by atoms with Crippen LogP contribution in [0.4, 0.5) is 11.5 Å². The van der Waals surface area contributed by atoms with E-state index >= 15 is 0 Å². The van der Waals surface area contributed by atoms with Crippen LogP contribution in [0.3, 0.4) is 0 Å². The van der Waals surface area contributed by atoms with Gasteiger partial charge < -0.3 is 14.6 Å². The van der Waals surface area contributed by atoms with Crippen molar-refractivity contribution in [2.24, 2.45) is 0 Å². The summed E-state index contributed by atoms with van der Waals surface area (Å²) in [5.41, 5.74) is 3.30. The van der Waals surface area contributed by atoms with Gasteiger partial charge in [-0.25, -0.2) is 9.67 Å². The summed E-state index contributed by atoms with van der Waals surface area (Å²) in [6, 6.07) is 19.0. The second-order valence-corrected chi connectivity index (χ2v) is 8.53. The Hall–Kier alpha value is -4.53. The first-order valence-corrected chi connectivity index (χ1v) is 11.7. The van der Waals surface area contributed by atoms with Crippen LogP contribution >= 0.6 is 0 Å². The average Bonchev–Trinajstić information content (AvgIpc) is 3.60. The fourth-order valence-electron chi connectivity index (χ4n) is 4.57. The monoisotopic (exact) mass is 464 g/mol. The topological polar surface area (TPSA) is 93.2 Å². The van der Waals surface area contributed by atoms with Crippen LogP contribution in [0.1, 0.15) is 19.3 Å². The molecule has 1 aliphatic rings. The Kier molecular flexibility index (Phi) is 5.42. The number of nitrogens with zero attached hydrogens (tertiary/aromatic N) is 7. The maximum Gasteiger partial charge on any atom is 0.247 e. The molecule has 6 rings (SSSR count). The third kappa shape index (κ3) is 4.12. The minimum Gasteiger partial charge on any atom is -0.343 e. The van der Waals surface area contributed by atoms with Crippen molar-refractivity contribution in [2.75, 3.05) is 16.8 Å². The molecule has 1 aromatic carbocycles. The molecule has 0 bridgehead atoms. The highest BCUT2D eigenvalue weighted by molar-refractivity contribution is 6.00. The van der Waals surface area contributed by atoms with Crippen molar-refractivity contribution in [1.82, 2.24) is 29.4 Å². The smallest absolute Gasteiger partial charge is 0.247 e. The van der Waals surface area contributed by atoms with E-state index in [1.165, 1.54) is 0 Å². The molecule has 0 saturated carbocycles. The standard InChI is InChI=1S/C26H24N8O/c35-26(29-20-9-2-1-8-19(20)21-18-32-15-5-4-11-23(32)28-21)22-10-3-6-16-33(22)24-12-13-25(31-30-24)34-17-7-14-27-34/h1-2,4-5,7-9,11-15,17-18,22H,3,6,10,16H2,(H,29,35). The van der Waals surface area contributed by atoms with Crippen LogP contribution in [-0.4, -0.2) is 47.9 Å². The van der Waals surface area contributed by atoms with Gasteiger partial charge in [-0.05, 0) is 55.7 Å². The van der Waals surface area contributed by atoms with Crippen LogP contribution in [0, 0.1) is 0 Å². The van der Waals surface area contributed by atoms with E-state index in [4.69, 9.17) is 4.98 Å². The fraction of sp³-hybridized carbons (Fsp3) is 0.192. The summed E-state index contributed by atoms with van der Waals surface area (Å²) < 4.78 is 3.63. The Bertz CT molecular complexity index is 1430. The molecule has 1 saturated heterocycles. The van der Waals surface area contributed by atoms with Crippen molar-refractivity contribution in [2.45, 2.75) is 25.3 Å². The van der Waals surface area contributed by atoms with Crippen LogP contribution in [0.5, 0.6) is 0 Å². The predicted octanol–water partition coefficient (Wildman–Crippen LogP) is 3.97. The van der Waals surface area contributed by atoms with Crippen LogP contribution in [0.15, 0.2) is 85.5 Å². The van der Waals surface area contributed by atoms with Gasteiger partial charge in [0.15, 0.2) is 11.6 Å². The number of benzene rings is 1. The first-order valence-electron chi connectivity index (χ1n) is 11.7. The van der Waals surface area contributed by atoms with E-state index in [-0.39, 0.29) is 11.9 Å². The van der Waals surface area contributed by atoms with Crippen molar-refractivity contribution >= 4 is 23.1 Å². The fourth-order valence-corrected chi connectivity index (χ4v) is 4.57. The lowest BCUT2D eigenvalue weighted by Crippen LogP contribution is -2.47. The molecule has 174 valence electrons. The SMILES string of the molecule is O=C(Nc1ccccc1-c1cn2ccccc2n1)C1CCCCN1c1ccc(-n2cccn2)nn1. The molecule has 0 spiro atoms. The number of anilines is 2. The molecule has 1 atom stereocenters. The van der Waals surface area contributed by atoms with Gasteiger partial charge in [-0.2, -0.15) is 5.10 Å². The van der Waals surface area contributed by atoms with Crippen molar-refractivity contribution in [3.05, 3.63) is 85.5 Å². The van der Waals surface area contributed by atoms with Gasteiger partial charge in [0.25, 0.3) is 0 Å². The van der Waals surface area contributed by atoms with Gasteiger partial charge in [-0.1, -0.05) is 24.3 Å². The zero-order valence-corrected chi connectivity index (χ0v) is 19.0. The molecule has 1 unspecified atom stereocenters. The summed E-state index contributed by atoms with van der Waals surface area (Å²) in [6.07, 6.45) is 10.2. The summed E-state index contributed by atoms with van der Waals surface area (Å²) in [7, 11) is 0. The van der Waals surface area contributed by atoms with Crippen LogP contribution in [-0.2, 0) is 4.79 Å². The Labute approximate surface area is 202 Å². The number of para-hydroxylation sites is 1. The summed E-state index contributed by atoms with van der Waals surface area (Å²) in [5, 5.41) is 16.1. The van der Waals surface area contributed by atoms with E-state index in [2.05, 4.69) is 20.6 Å². The van der Waals surface area contributed by atoms with Crippen molar-refractivity contribution < 1.29 is 4.79 Å². The van der Waals surface area contributed by atoms with E-state index < -0.39 is 0 Å². The largest absolute Gasteiger partial charge is 0.343 e. The molecule has 5 aromatic rings. The first kappa shape index (κ1) is 21.0. The van der Waals surface area contributed by atoms with Gasteiger partial charge in [0.2, 0.25) is 5.91 Å². The van der Waals surface area contributed by atoms with Crippen molar-refractivity contribution in [1.29, 1.82) is 0 Å². The second-order valence-electron chi connectivity index (χ2n) is 8.53. The van der Waals surface area contributed by atoms with E-state index in [1.54, 1.807) is 10.9 Å². The maximum absolute atomic E-state index is 13.5. The highest BCUT2D eigenvalue weighted by Gasteiger charge is 2.30. The number of piperidine rings is 1. The Morgan fingerprint density at radius 2 is 1.77 bits per heavy atom. The number of hydrogen-bond donors (Lipinski definition) is 1. The number of rotatable bonds is 5. The normalized spacial score (nSPS) is 15.9. The lowest BCUT2D eigenvalue weighted by atomic mass is 10.0. The highest BCUT2D eigenvalue weighted by Crippen LogP contribution is 2.29. The number of hydrogen-bond acceptors (Lipinski definition) is 6. The minimum atomic E-state index is -0.331. The van der Waals surface area contributed by atoms with Gasteiger partial charge >= 0.3 is 0 Å². The van der Waals surface area contributed by atoms with E-state index in [0.29, 0.717) is 11.6 Å². The van der Waals surface area contributed by atoms with Crippen LogP contribution in [0.2, 0.25) is 0 Å². The second kappa shape index (κ2) is 9.02. The van der Waals surface area contributed by atoms with E-state index in [9.17, 15) is 4.79 Å². The number of aromatic nitrogens is 6. The molecular weight excluding hydrogens is 440 g/mol. The quantitative estimate of drug-likeness (QED) is 0.423. The minimum absolute atomic E-state index is 0.0566. The van der Waals surface area contributed by atoms with Crippen LogP contribution in [0.25, 0.3) is 22.7 Å². The molecule has 5 heterocycles. The molecule has 1 amide bonds. The molecule has 9 nitrogen and oxygen atoms in total. The van der Waals surface area contributed by atoms with Gasteiger partial charge in [-0.3, -0.25) is 4.79 Å². The summed E-state index contributed by atoms with van der Waals surface area (Å²) >= 11 is 0. The van der Waals surface area contributed by atoms with Gasteiger partial charge in [0.05, 0.1) is 11.4 Å². The lowest BCUT2D eigenvalue weighted by molar-refractivity contribution is -0.117. The predicted molar refractivity (Wildman–Crippen MR) is 133 cm³/mol. The lowest BCUT2D eigenvalue weighted by Gasteiger charge is -2.35. The molecule has 4 aromatic heterocycles. The van der Waals surface area contributed by atoms with Gasteiger partial charge in [0.1, 0.15) is 11.7 Å². The summed E-state index contributed by atoms with van der Waals surface area (Å²) in [4.78, 5) is 20.3. The van der Waals surface area contributed by atoms with E-state index in [0.717, 1.165) is 48.4 Å².